The standard InChI is InChI=1S/C77H51NO/c1-3-18-64(19-4-1)77(65-20-5-2-6-21-65)73-24-11-9-22-69(73)70-46-38-62(50-74(70)77)56-34-42-67(43-35-56)78(68-44-36-57(37-45-68)63-39-47-72-71-23-10-12-25-75(71)79-76(72)51-63)66-40-32-54(33-41-66)53-26-28-55(29-27-53)59-16-13-17-60(48-59)61-31-30-52-14-7-8-15-58(52)49-61/h1-51H. The fraction of sp³-hybridized carbons (Fsp3) is 0.0130. The summed E-state index contributed by atoms with van der Waals surface area (Å²) < 4.78 is 6.31. The van der Waals surface area contributed by atoms with E-state index in [-0.39, 0.29) is 0 Å². The molecule has 13 aromatic carbocycles. The van der Waals surface area contributed by atoms with E-state index in [0.717, 1.165) is 61.3 Å². The largest absolute Gasteiger partial charge is 0.456 e. The van der Waals surface area contributed by atoms with Crippen LogP contribution in [0.4, 0.5) is 17.1 Å². The molecule has 370 valence electrons. The van der Waals surface area contributed by atoms with Gasteiger partial charge < -0.3 is 9.32 Å². The Kier molecular flexibility index (Phi) is 11.1. The van der Waals surface area contributed by atoms with Crippen molar-refractivity contribution in [3.05, 3.63) is 332 Å². The van der Waals surface area contributed by atoms with Crippen molar-refractivity contribution in [1.82, 2.24) is 0 Å². The molecule has 1 aromatic heterocycles. The minimum atomic E-state index is -0.468. The zero-order chi connectivity index (χ0) is 52.3. The number of fused-ring (bicyclic) bond motifs is 7. The quantitative estimate of drug-likeness (QED) is 0.136. The summed E-state index contributed by atoms with van der Waals surface area (Å²) in [6.07, 6.45) is 0. The number of hydrogen-bond acceptors (Lipinski definition) is 2. The molecule has 0 saturated carbocycles. The molecule has 0 unspecified atom stereocenters. The van der Waals surface area contributed by atoms with Crippen LogP contribution >= 0.6 is 0 Å². The van der Waals surface area contributed by atoms with Crippen molar-refractivity contribution < 1.29 is 4.42 Å². The van der Waals surface area contributed by atoms with Crippen LogP contribution in [0.1, 0.15) is 22.3 Å². The van der Waals surface area contributed by atoms with Crippen molar-refractivity contribution >= 4 is 49.8 Å². The Balaban J connectivity index is 0.773. The van der Waals surface area contributed by atoms with Crippen LogP contribution < -0.4 is 4.90 Å². The van der Waals surface area contributed by atoms with Gasteiger partial charge in [0.05, 0.1) is 5.41 Å². The Morgan fingerprint density at radius 3 is 1.32 bits per heavy atom. The van der Waals surface area contributed by atoms with Gasteiger partial charge in [-0.3, -0.25) is 0 Å². The first-order valence-electron chi connectivity index (χ1n) is 27.2. The van der Waals surface area contributed by atoms with Gasteiger partial charge in [-0.2, -0.15) is 0 Å². The first-order chi connectivity index (χ1) is 39.1. The van der Waals surface area contributed by atoms with Gasteiger partial charge in [-0.05, 0) is 173 Å². The normalized spacial score (nSPS) is 12.4. The van der Waals surface area contributed by atoms with E-state index in [2.05, 4.69) is 302 Å². The van der Waals surface area contributed by atoms with Crippen LogP contribution in [0.3, 0.4) is 0 Å². The van der Waals surface area contributed by atoms with Crippen molar-refractivity contribution in [2.75, 3.05) is 4.90 Å². The van der Waals surface area contributed by atoms with Gasteiger partial charge in [0, 0.05) is 27.8 Å². The predicted octanol–water partition coefficient (Wildman–Crippen LogP) is 20.9. The summed E-state index contributed by atoms with van der Waals surface area (Å²) in [5.74, 6) is 0. The molecule has 1 heterocycles. The first kappa shape index (κ1) is 46.1. The molecule has 0 aliphatic heterocycles. The maximum Gasteiger partial charge on any atom is 0.136 e. The zero-order valence-corrected chi connectivity index (χ0v) is 43.3. The number of para-hydroxylation sites is 1. The van der Waals surface area contributed by atoms with Crippen LogP contribution in [0.5, 0.6) is 0 Å². The van der Waals surface area contributed by atoms with Crippen LogP contribution in [0.2, 0.25) is 0 Å². The van der Waals surface area contributed by atoms with Crippen LogP contribution in [0.25, 0.3) is 99.5 Å². The molecular weight excluding hydrogens is 955 g/mol. The van der Waals surface area contributed by atoms with Gasteiger partial charge in [0.25, 0.3) is 0 Å². The van der Waals surface area contributed by atoms with Crippen molar-refractivity contribution in [2.45, 2.75) is 5.41 Å². The SMILES string of the molecule is c1ccc(C2(c3ccccc3)c3ccccc3-c3ccc(-c4ccc(N(c5ccc(-c6ccc(-c7cccc(-c8ccc9ccccc9c8)c7)cc6)cc5)c5ccc(-c6ccc7c(c6)oc6ccccc67)cc5)cc4)cc32)cc1. The summed E-state index contributed by atoms with van der Waals surface area (Å²) in [7, 11) is 0. The molecule has 2 nitrogen and oxygen atoms in total. The number of hydrogen-bond donors (Lipinski definition) is 0. The Morgan fingerprint density at radius 2 is 0.671 bits per heavy atom. The summed E-state index contributed by atoms with van der Waals surface area (Å²) in [4.78, 5) is 2.36. The average molecular weight is 1010 g/mol. The third-order valence-corrected chi connectivity index (χ3v) is 16.4. The molecule has 0 spiro atoms. The highest BCUT2D eigenvalue weighted by molar-refractivity contribution is 6.06. The molecule has 14 aromatic rings. The molecule has 0 saturated heterocycles. The maximum absolute atomic E-state index is 6.31. The topological polar surface area (TPSA) is 16.4 Å². The molecule has 0 bridgehead atoms. The van der Waals surface area contributed by atoms with E-state index >= 15 is 0 Å². The first-order valence-corrected chi connectivity index (χ1v) is 27.2. The molecule has 0 radical (unpaired) electrons. The average Bonchev–Trinajstić information content (AvgIpc) is 4.28. The molecule has 2 heteroatoms. The molecule has 0 amide bonds. The van der Waals surface area contributed by atoms with E-state index in [1.807, 2.05) is 12.1 Å². The Hall–Kier alpha value is -10.3. The van der Waals surface area contributed by atoms with Crippen molar-refractivity contribution in [3.63, 3.8) is 0 Å². The van der Waals surface area contributed by atoms with Gasteiger partial charge in [0.2, 0.25) is 0 Å². The van der Waals surface area contributed by atoms with Gasteiger partial charge in [-0.15, -0.1) is 0 Å². The molecule has 0 N–H and O–H groups in total. The number of rotatable bonds is 10. The van der Waals surface area contributed by atoms with Crippen molar-refractivity contribution in [1.29, 1.82) is 0 Å². The van der Waals surface area contributed by atoms with Gasteiger partial charge in [0.1, 0.15) is 11.2 Å². The fourth-order valence-corrected chi connectivity index (χ4v) is 12.5. The van der Waals surface area contributed by atoms with Gasteiger partial charge in [0.15, 0.2) is 0 Å². The molecule has 1 aliphatic carbocycles. The van der Waals surface area contributed by atoms with Crippen molar-refractivity contribution in [2.24, 2.45) is 0 Å². The molecule has 1 aliphatic rings. The predicted molar refractivity (Wildman–Crippen MR) is 330 cm³/mol. The van der Waals surface area contributed by atoms with Gasteiger partial charge >= 0.3 is 0 Å². The highest BCUT2D eigenvalue weighted by atomic mass is 16.3. The van der Waals surface area contributed by atoms with Gasteiger partial charge in [-0.1, -0.05) is 237 Å². The minimum Gasteiger partial charge on any atom is -0.456 e. The number of anilines is 3. The molecule has 15 rings (SSSR count). The second-order valence-corrected chi connectivity index (χ2v) is 20.8. The maximum atomic E-state index is 6.31. The smallest absolute Gasteiger partial charge is 0.136 e. The van der Waals surface area contributed by atoms with Crippen LogP contribution in [-0.4, -0.2) is 0 Å². The molecular formula is C77H51NO. The van der Waals surface area contributed by atoms with E-state index in [1.165, 1.54) is 77.5 Å². The minimum absolute atomic E-state index is 0.468. The summed E-state index contributed by atoms with van der Waals surface area (Å²) >= 11 is 0. The summed E-state index contributed by atoms with van der Waals surface area (Å²) in [6, 6.07) is 113. The lowest BCUT2D eigenvalue weighted by atomic mass is 9.67. The number of nitrogens with zero attached hydrogens (tertiary/aromatic N) is 1. The third kappa shape index (κ3) is 7.96. The zero-order valence-electron chi connectivity index (χ0n) is 43.3. The lowest BCUT2D eigenvalue weighted by Crippen LogP contribution is -2.28. The van der Waals surface area contributed by atoms with Gasteiger partial charge in [-0.25, -0.2) is 0 Å². The summed E-state index contributed by atoms with van der Waals surface area (Å²) in [5, 5.41) is 4.77. The number of benzene rings is 13. The lowest BCUT2D eigenvalue weighted by Gasteiger charge is -2.34. The number of furan rings is 1. The van der Waals surface area contributed by atoms with E-state index < -0.39 is 5.41 Å². The summed E-state index contributed by atoms with van der Waals surface area (Å²) in [6.45, 7) is 0. The van der Waals surface area contributed by atoms with Crippen LogP contribution in [-0.2, 0) is 5.41 Å². The highest BCUT2D eigenvalue weighted by Gasteiger charge is 2.46. The van der Waals surface area contributed by atoms with E-state index in [1.54, 1.807) is 0 Å². The second-order valence-electron chi connectivity index (χ2n) is 20.8. The van der Waals surface area contributed by atoms with Crippen LogP contribution in [0, 0.1) is 0 Å². The van der Waals surface area contributed by atoms with E-state index in [4.69, 9.17) is 4.42 Å². The second kappa shape index (κ2) is 19.1. The highest BCUT2D eigenvalue weighted by Crippen LogP contribution is 2.57. The van der Waals surface area contributed by atoms with E-state index in [9.17, 15) is 0 Å². The molecule has 79 heavy (non-hydrogen) atoms. The summed E-state index contributed by atoms with van der Waals surface area (Å²) in [5.41, 5.74) is 24.0. The Morgan fingerprint density at radius 1 is 0.241 bits per heavy atom. The fourth-order valence-electron chi connectivity index (χ4n) is 12.5. The Labute approximate surface area is 460 Å². The van der Waals surface area contributed by atoms with Crippen LogP contribution in [0.15, 0.2) is 314 Å². The molecule has 0 fully saturated rings. The van der Waals surface area contributed by atoms with Crippen molar-refractivity contribution in [3.8, 4) is 66.8 Å². The van der Waals surface area contributed by atoms with E-state index in [0.29, 0.717) is 0 Å². The monoisotopic (exact) mass is 1010 g/mol. The Bertz CT molecular complexity index is 4520. The third-order valence-electron chi connectivity index (χ3n) is 16.4. The lowest BCUT2D eigenvalue weighted by molar-refractivity contribution is 0.669. The molecule has 0 atom stereocenters.